The SMILES string of the molecule is CC(C)CCN(C)c1ccc(CNC(C)C)cc1Cl. The van der Waals surface area contributed by atoms with E-state index in [4.69, 9.17) is 11.6 Å². The Morgan fingerprint density at radius 2 is 1.89 bits per heavy atom. The Balaban J connectivity index is 2.65. The standard InChI is InChI=1S/C16H27ClN2/c1-12(2)8-9-19(5)16-7-6-14(10-15(16)17)11-18-13(3)4/h6-7,10,12-13,18H,8-9,11H2,1-5H3. The predicted octanol–water partition coefficient (Wildman–Crippen LogP) is 4.32. The van der Waals surface area contributed by atoms with Crippen LogP contribution in [-0.2, 0) is 6.54 Å². The van der Waals surface area contributed by atoms with E-state index in [1.165, 1.54) is 12.0 Å². The lowest BCUT2D eigenvalue weighted by Crippen LogP contribution is -2.22. The third kappa shape index (κ3) is 5.84. The monoisotopic (exact) mass is 282 g/mol. The van der Waals surface area contributed by atoms with Crippen molar-refractivity contribution in [2.75, 3.05) is 18.5 Å². The summed E-state index contributed by atoms with van der Waals surface area (Å²) in [6.45, 7) is 10.7. The van der Waals surface area contributed by atoms with Gasteiger partial charge in [-0.25, -0.2) is 0 Å². The molecule has 2 nitrogen and oxygen atoms in total. The zero-order chi connectivity index (χ0) is 14.4. The van der Waals surface area contributed by atoms with Gasteiger partial charge in [-0.15, -0.1) is 0 Å². The first-order valence-electron chi connectivity index (χ1n) is 7.13. The summed E-state index contributed by atoms with van der Waals surface area (Å²) in [4.78, 5) is 2.24. The maximum atomic E-state index is 6.39. The number of nitrogens with zero attached hydrogens (tertiary/aromatic N) is 1. The Bertz CT molecular complexity index is 388. The van der Waals surface area contributed by atoms with Crippen LogP contribution in [0.5, 0.6) is 0 Å². The summed E-state index contributed by atoms with van der Waals surface area (Å²) in [6, 6.07) is 6.84. The second-order valence-corrected chi connectivity index (χ2v) is 6.33. The van der Waals surface area contributed by atoms with Gasteiger partial charge < -0.3 is 10.2 Å². The first kappa shape index (κ1) is 16.3. The number of hydrogen-bond donors (Lipinski definition) is 1. The maximum absolute atomic E-state index is 6.39. The molecule has 19 heavy (non-hydrogen) atoms. The maximum Gasteiger partial charge on any atom is 0.0642 e. The third-order valence-corrected chi connectivity index (χ3v) is 3.48. The second kappa shape index (κ2) is 7.76. The number of nitrogens with one attached hydrogen (secondary N) is 1. The van der Waals surface area contributed by atoms with Crippen molar-refractivity contribution in [3.8, 4) is 0 Å². The summed E-state index contributed by atoms with van der Waals surface area (Å²) in [6.07, 6.45) is 1.18. The van der Waals surface area contributed by atoms with Crippen LogP contribution in [0.1, 0.15) is 39.7 Å². The lowest BCUT2D eigenvalue weighted by atomic mass is 10.1. The number of hydrogen-bond acceptors (Lipinski definition) is 2. The van der Waals surface area contributed by atoms with E-state index < -0.39 is 0 Å². The van der Waals surface area contributed by atoms with Crippen molar-refractivity contribution in [2.45, 2.75) is 46.7 Å². The van der Waals surface area contributed by atoms with Gasteiger partial charge >= 0.3 is 0 Å². The Morgan fingerprint density at radius 1 is 1.21 bits per heavy atom. The molecule has 1 rings (SSSR count). The Morgan fingerprint density at radius 3 is 2.42 bits per heavy atom. The molecule has 1 N–H and O–H groups in total. The average molecular weight is 283 g/mol. The molecule has 0 radical (unpaired) electrons. The minimum absolute atomic E-state index is 0.493. The van der Waals surface area contributed by atoms with Gasteiger partial charge in [0.05, 0.1) is 10.7 Å². The molecule has 0 saturated heterocycles. The molecule has 108 valence electrons. The number of benzene rings is 1. The summed E-state index contributed by atoms with van der Waals surface area (Å²) < 4.78 is 0. The highest BCUT2D eigenvalue weighted by molar-refractivity contribution is 6.33. The molecule has 1 aromatic carbocycles. The lowest BCUT2D eigenvalue weighted by Gasteiger charge is -2.22. The summed E-state index contributed by atoms with van der Waals surface area (Å²) in [5, 5.41) is 4.25. The predicted molar refractivity (Wildman–Crippen MR) is 86.2 cm³/mol. The van der Waals surface area contributed by atoms with Crippen LogP contribution in [-0.4, -0.2) is 19.6 Å². The fourth-order valence-corrected chi connectivity index (χ4v) is 2.21. The van der Waals surface area contributed by atoms with Crippen molar-refractivity contribution in [1.29, 1.82) is 0 Å². The normalized spacial score (nSPS) is 11.4. The van der Waals surface area contributed by atoms with Crippen LogP contribution in [0.2, 0.25) is 5.02 Å². The van der Waals surface area contributed by atoms with Crippen molar-refractivity contribution in [3.05, 3.63) is 28.8 Å². The molecule has 0 amide bonds. The van der Waals surface area contributed by atoms with E-state index in [0.29, 0.717) is 6.04 Å². The minimum Gasteiger partial charge on any atom is -0.373 e. The molecule has 1 aromatic rings. The quantitative estimate of drug-likeness (QED) is 0.801. The van der Waals surface area contributed by atoms with Gasteiger partial charge in [0.25, 0.3) is 0 Å². The van der Waals surface area contributed by atoms with Crippen LogP contribution < -0.4 is 10.2 Å². The van der Waals surface area contributed by atoms with E-state index in [1.54, 1.807) is 0 Å². The van der Waals surface area contributed by atoms with Crippen molar-refractivity contribution in [2.24, 2.45) is 5.92 Å². The minimum atomic E-state index is 0.493. The van der Waals surface area contributed by atoms with Crippen LogP contribution in [0.4, 0.5) is 5.69 Å². The van der Waals surface area contributed by atoms with Crippen LogP contribution in [0.3, 0.4) is 0 Å². The fourth-order valence-electron chi connectivity index (χ4n) is 1.86. The number of anilines is 1. The molecular formula is C16H27ClN2. The average Bonchev–Trinajstić information content (AvgIpc) is 2.33. The largest absolute Gasteiger partial charge is 0.373 e. The van der Waals surface area contributed by atoms with E-state index in [0.717, 1.165) is 29.7 Å². The molecule has 3 heteroatoms. The molecule has 0 aliphatic carbocycles. The lowest BCUT2D eigenvalue weighted by molar-refractivity contribution is 0.584. The topological polar surface area (TPSA) is 15.3 Å². The summed E-state index contributed by atoms with van der Waals surface area (Å²) in [5.74, 6) is 0.718. The zero-order valence-electron chi connectivity index (χ0n) is 12.8. The van der Waals surface area contributed by atoms with Crippen molar-refractivity contribution in [3.63, 3.8) is 0 Å². The van der Waals surface area contributed by atoms with E-state index in [1.807, 2.05) is 0 Å². The molecule has 0 unspecified atom stereocenters. The van der Waals surface area contributed by atoms with Gasteiger partial charge in [-0.1, -0.05) is 45.4 Å². The molecular weight excluding hydrogens is 256 g/mol. The van der Waals surface area contributed by atoms with Crippen molar-refractivity contribution < 1.29 is 0 Å². The first-order valence-corrected chi connectivity index (χ1v) is 7.51. The van der Waals surface area contributed by atoms with Gasteiger partial charge in [0.15, 0.2) is 0 Å². The van der Waals surface area contributed by atoms with Crippen LogP contribution in [0.25, 0.3) is 0 Å². The van der Waals surface area contributed by atoms with E-state index in [-0.39, 0.29) is 0 Å². The van der Waals surface area contributed by atoms with Gasteiger partial charge in [0.1, 0.15) is 0 Å². The van der Waals surface area contributed by atoms with Gasteiger partial charge in [-0.05, 0) is 30.0 Å². The Labute approximate surface area is 123 Å². The van der Waals surface area contributed by atoms with Gasteiger partial charge in [0.2, 0.25) is 0 Å². The Kier molecular flexibility index (Phi) is 6.67. The molecule has 0 spiro atoms. The third-order valence-electron chi connectivity index (χ3n) is 3.18. The summed E-state index contributed by atoms with van der Waals surface area (Å²) in [5.41, 5.74) is 2.36. The van der Waals surface area contributed by atoms with Crippen LogP contribution in [0.15, 0.2) is 18.2 Å². The molecule has 0 atom stereocenters. The highest BCUT2D eigenvalue weighted by Crippen LogP contribution is 2.26. The summed E-state index contributed by atoms with van der Waals surface area (Å²) >= 11 is 6.39. The smallest absolute Gasteiger partial charge is 0.0642 e. The molecule has 0 fully saturated rings. The van der Waals surface area contributed by atoms with Crippen molar-refractivity contribution >= 4 is 17.3 Å². The van der Waals surface area contributed by atoms with E-state index >= 15 is 0 Å². The van der Waals surface area contributed by atoms with E-state index in [9.17, 15) is 0 Å². The first-order chi connectivity index (χ1) is 8.90. The zero-order valence-corrected chi connectivity index (χ0v) is 13.6. The highest BCUT2D eigenvalue weighted by Gasteiger charge is 2.08. The van der Waals surface area contributed by atoms with Crippen molar-refractivity contribution in [1.82, 2.24) is 5.32 Å². The molecule has 0 saturated carbocycles. The van der Waals surface area contributed by atoms with Crippen LogP contribution in [0, 0.1) is 5.92 Å². The fraction of sp³-hybridized carbons (Fsp3) is 0.625. The van der Waals surface area contributed by atoms with Gasteiger partial charge in [-0.3, -0.25) is 0 Å². The number of rotatable bonds is 7. The van der Waals surface area contributed by atoms with Gasteiger partial charge in [-0.2, -0.15) is 0 Å². The number of halogens is 1. The summed E-state index contributed by atoms with van der Waals surface area (Å²) in [7, 11) is 2.11. The second-order valence-electron chi connectivity index (χ2n) is 5.93. The highest BCUT2D eigenvalue weighted by atomic mass is 35.5. The molecule has 0 heterocycles. The molecule has 0 aliphatic rings. The van der Waals surface area contributed by atoms with E-state index in [2.05, 4.69) is 63.2 Å². The Hall–Kier alpha value is -0.730. The molecule has 0 aromatic heterocycles. The molecule has 0 bridgehead atoms. The van der Waals surface area contributed by atoms with Crippen LogP contribution >= 0.6 is 11.6 Å². The molecule has 0 aliphatic heterocycles. The van der Waals surface area contributed by atoms with Gasteiger partial charge in [0, 0.05) is 26.2 Å².